The highest BCUT2D eigenvalue weighted by Crippen LogP contribution is 2.33. The van der Waals surface area contributed by atoms with Gasteiger partial charge in [-0.05, 0) is 74.4 Å². The first-order valence-electron chi connectivity index (χ1n) is 14.2. The summed E-state index contributed by atoms with van der Waals surface area (Å²) in [7, 11) is -4.31. The van der Waals surface area contributed by atoms with Crippen molar-refractivity contribution in [2.24, 2.45) is 0 Å². The molecule has 0 aromatic heterocycles. The van der Waals surface area contributed by atoms with Crippen molar-refractivity contribution in [3.8, 4) is 0 Å². The van der Waals surface area contributed by atoms with Crippen LogP contribution in [0.25, 0.3) is 0 Å². The van der Waals surface area contributed by atoms with E-state index in [1.807, 2.05) is 51.1 Å². The molecule has 1 N–H and O–H groups in total. The van der Waals surface area contributed by atoms with Crippen LogP contribution in [0.2, 0.25) is 15.1 Å². The van der Waals surface area contributed by atoms with Crippen molar-refractivity contribution in [2.45, 2.75) is 50.2 Å². The summed E-state index contributed by atoms with van der Waals surface area (Å²) < 4.78 is 29.1. The first kappa shape index (κ1) is 34.3. The summed E-state index contributed by atoms with van der Waals surface area (Å²) in [5.74, 6) is -1.00. The molecular weight excluding hydrogens is 653 g/mol. The topological polar surface area (TPSA) is 86.8 Å². The summed E-state index contributed by atoms with van der Waals surface area (Å²) in [5.41, 5.74) is 0.962. The third-order valence-corrected chi connectivity index (χ3v) is 9.40. The number of rotatable bonds is 11. The molecule has 0 bridgehead atoms. The molecule has 45 heavy (non-hydrogen) atoms. The second-order valence-electron chi connectivity index (χ2n) is 11.5. The van der Waals surface area contributed by atoms with Crippen molar-refractivity contribution in [3.05, 3.63) is 129 Å². The number of amides is 2. The van der Waals surface area contributed by atoms with Crippen molar-refractivity contribution in [1.29, 1.82) is 0 Å². The van der Waals surface area contributed by atoms with Crippen LogP contribution in [0.15, 0.2) is 108 Å². The molecule has 0 aliphatic rings. The lowest BCUT2D eigenvalue weighted by atomic mass is 10.0. The molecule has 4 aromatic rings. The van der Waals surface area contributed by atoms with Crippen LogP contribution >= 0.6 is 34.8 Å². The van der Waals surface area contributed by atoms with Gasteiger partial charge in [0.2, 0.25) is 11.8 Å². The molecular formula is C34H34Cl3N3O4S. The zero-order valence-corrected chi connectivity index (χ0v) is 28.2. The fraction of sp³-hybridized carbons (Fsp3) is 0.235. The van der Waals surface area contributed by atoms with Gasteiger partial charge in [0.1, 0.15) is 12.6 Å². The van der Waals surface area contributed by atoms with Crippen molar-refractivity contribution in [2.75, 3.05) is 10.8 Å². The van der Waals surface area contributed by atoms with E-state index in [0.717, 1.165) is 9.87 Å². The van der Waals surface area contributed by atoms with Gasteiger partial charge in [-0.15, -0.1) is 0 Å². The summed E-state index contributed by atoms with van der Waals surface area (Å²) in [6.07, 6.45) is 0.186. The van der Waals surface area contributed by atoms with Crippen LogP contribution in [-0.4, -0.2) is 43.3 Å². The third kappa shape index (κ3) is 9.23. The van der Waals surface area contributed by atoms with Gasteiger partial charge in [-0.2, -0.15) is 0 Å². The Hall–Kier alpha value is -3.56. The van der Waals surface area contributed by atoms with Gasteiger partial charge in [-0.3, -0.25) is 13.9 Å². The van der Waals surface area contributed by atoms with Gasteiger partial charge in [0.25, 0.3) is 10.0 Å². The number of nitrogens with zero attached hydrogens (tertiary/aromatic N) is 2. The fourth-order valence-electron chi connectivity index (χ4n) is 4.70. The molecule has 0 heterocycles. The number of hydrogen-bond acceptors (Lipinski definition) is 4. The maximum Gasteiger partial charge on any atom is 0.264 e. The molecule has 0 spiro atoms. The fourth-order valence-corrected chi connectivity index (χ4v) is 6.71. The van der Waals surface area contributed by atoms with Crippen LogP contribution < -0.4 is 9.62 Å². The number of sulfonamides is 1. The lowest BCUT2D eigenvalue weighted by Crippen LogP contribution is -2.56. The predicted molar refractivity (Wildman–Crippen MR) is 181 cm³/mol. The number of carbonyl (C=O) groups is 2. The van der Waals surface area contributed by atoms with Gasteiger partial charge in [0, 0.05) is 28.5 Å². The molecule has 0 fully saturated rings. The Balaban J connectivity index is 1.84. The lowest BCUT2D eigenvalue weighted by Gasteiger charge is -2.35. The van der Waals surface area contributed by atoms with Gasteiger partial charge < -0.3 is 10.2 Å². The number of anilines is 1. The first-order valence-corrected chi connectivity index (χ1v) is 16.7. The predicted octanol–water partition coefficient (Wildman–Crippen LogP) is 7.40. The van der Waals surface area contributed by atoms with E-state index in [4.69, 9.17) is 34.8 Å². The van der Waals surface area contributed by atoms with Crippen LogP contribution in [0.4, 0.5) is 5.69 Å². The number of halogens is 3. The second kappa shape index (κ2) is 14.7. The summed E-state index contributed by atoms with van der Waals surface area (Å²) in [4.78, 5) is 29.8. The molecule has 4 rings (SSSR count). The highest BCUT2D eigenvalue weighted by molar-refractivity contribution is 7.92. The van der Waals surface area contributed by atoms with Crippen LogP contribution in [0.5, 0.6) is 0 Å². The third-order valence-electron chi connectivity index (χ3n) is 6.82. The second-order valence-corrected chi connectivity index (χ2v) is 14.7. The molecule has 2 amide bonds. The minimum absolute atomic E-state index is 0.00751. The summed E-state index contributed by atoms with van der Waals surface area (Å²) in [5, 5.41) is 3.84. The molecule has 7 nitrogen and oxygen atoms in total. The summed E-state index contributed by atoms with van der Waals surface area (Å²) in [6, 6.07) is 27.4. The van der Waals surface area contributed by atoms with Crippen LogP contribution in [0.1, 0.15) is 31.9 Å². The maximum absolute atomic E-state index is 14.5. The van der Waals surface area contributed by atoms with E-state index in [-0.39, 0.29) is 39.5 Å². The van der Waals surface area contributed by atoms with Crippen molar-refractivity contribution in [3.63, 3.8) is 0 Å². The summed E-state index contributed by atoms with van der Waals surface area (Å²) >= 11 is 18.9. The van der Waals surface area contributed by atoms with E-state index in [0.29, 0.717) is 10.6 Å². The molecule has 1 atom stereocenters. The average Bonchev–Trinajstić information content (AvgIpc) is 3.00. The molecule has 0 saturated heterocycles. The highest BCUT2D eigenvalue weighted by atomic mass is 35.5. The zero-order chi connectivity index (χ0) is 32.8. The molecule has 0 saturated carbocycles. The van der Waals surface area contributed by atoms with E-state index in [1.54, 1.807) is 42.5 Å². The van der Waals surface area contributed by atoms with E-state index in [9.17, 15) is 18.0 Å². The van der Waals surface area contributed by atoms with Crippen molar-refractivity contribution >= 4 is 62.3 Å². The molecule has 236 valence electrons. The molecule has 0 aliphatic carbocycles. The Bertz CT molecular complexity index is 1730. The van der Waals surface area contributed by atoms with Gasteiger partial charge >= 0.3 is 0 Å². The zero-order valence-electron chi connectivity index (χ0n) is 25.1. The van der Waals surface area contributed by atoms with Crippen molar-refractivity contribution in [1.82, 2.24) is 10.2 Å². The minimum Gasteiger partial charge on any atom is -0.350 e. The average molecular weight is 687 g/mol. The Morgan fingerprint density at radius 3 is 1.96 bits per heavy atom. The number of benzene rings is 4. The standard InChI is InChI=1S/C34H34Cl3N3O4S/c1-34(2,3)38-33(42)31(20-24-10-6-4-7-11-24)39(22-25-14-16-26(35)17-15-25)32(41)23-40(30-21-27(36)18-19-29(30)37)45(43,44)28-12-8-5-9-13-28/h4-19,21,31H,20,22-23H2,1-3H3,(H,38,42)/t31-/m1/s1. The van der Waals surface area contributed by atoms with E-state index in [2.05, 4.69) is 5.32 Å². The Morgan fingerprint density at radius 1 is 0.778 bits per heavy atom. The van der Waals surface area contributed by atoms with Gasteiger partial charge in [0.05, 0.1) is 15.6 Å². The maximum atomic E-state index is 14.5. The molecule has 0 unspecified atom stereocenters. The molecule has 0 aliphatic heterocycles. The smallest absolute Gasteiger partial charge is 0.264 e. The van der Waals surface area contributed by atoms with Gasteiger partial charge in [-0.25, -0.2) is 8.42 Å². The van der Waals surface area contributed by atoms with Crippen LogP contribution in [0.3, 0.4) is 0 Å². The van der Waals surface area contributed by atoms with Crippen LogP contribution in [0, 0.1) is 0 Å². The van der Waals surface area contributed by atoms with Gasteiger partial charge in [-0.1, -0.05) is 95.5 Å². The van der Waals surface area contributed by atoms with Crippen molar-refractivity contribution < 1.29 is 18.0 Å². The Kier molecular flexibility index (Phi) is 11.2. The normalized spacial score (nSPS) is 12.3. The SMILES string of the molecule is CC(C)(C)NC(=O)[C@@H](Cc1ccccc1)N(Cc1ccc(Cl)cc1)C(=O)CN(c1cc(Cl)ccc1Cl)S(=O)(=O)c1ccccc1. The Labute approximate surface area is 279 Å². The van der Waals surface area contributed by atoms with E-state index in [1.165, 1.54) is 35.2 Å². The Morgan fingerprint density at radius 2 is 1.36 bits per heavy atom. The first-order chi connectivity index (χ1) is 21.2. The highest BCUT2D eigenvalue weighted by Gasteiger charge is 2.36. The monoisotopic (exact) mass is 685 g/mol. The quantitative estimate of drug-likeness (QED) is 0.178. The number of carbonyl (C=O) groups excluding carboxylic acids is 2. The van der Waals surface area contributed by atoms with Crippen LogP contribution in [-0.2, 0) is 32.6 Å². The lowest BCUT2D eigenvalue weighted by molar-refractivity contribution is -0.140. The largest absolute Gasteiger partial charge is 0.350 e. The number of nitrogens with one attached hydrogen (secondary N) is 1. The minimum atomic E-state index is -4.31. The molecule has 4 aromatic carbocycles. The van der Waals surface area contributed by atoms with E-state index >= 15 is 0 Å². The summed E-state index contributed by atoms with van der Waals surface area (Å²) in [6.45, 7) is 4.91. The molecule has 11 heteroatoms. The van der Waals surface area contributed by atoms with E-state index < -0.39 is 34.1 Å². The van der Waals surface area contributed by atoms with Gasteiger partial charge in [0.15, 0.2) is 0 Å². The number of hydrogen-bond donors (Lipinski definition) is 1. The molecule has 0 radical (unpaired) electrons.